The highest BCUT2D eigenvalue weighted by Crippen LogP contribution is 2.34. The van der Waals surface area contributed by atoms with Crippen LogP contribution in [0.3, 0.4) is 0 Å². The van der Waals surface area contributed by atoms with Gasteiger partial charge in [-0.25, -0.2) is 14.4 Å². The fourth-order valence-corrected chi connectivity index (χ4v) is 4.30. The average Bonchev–Trinajstić information content (AvgIpc) is 3.10. The van der Waals surface area contributed by atoms with Crippen molar-refractivity contribution in [3.8, 4) is 22.4 Å². The number of fused-ring (bicyclic) bond motifs is 1. The van der Waals surface area contributed by atoms with Crippen molar-refractivity contribution in [3.63, 3.8) is 0 Å². The molecule has 3 aromatic heterocycles. The van der Waals surface area contributed by atoms with Crippen LogP contribution in [-0.2, 0) is 11.5 Å². The van der Waals surface area contributed by atoms with Gasteiger partial charge in [0.15, 0.2) is 0 Å². The summed E-state index contributed by atoms with van der Waals surface area (Å²) in [5.74, 6) is 0.205. The molecule has 4 aromatic rings. The third-order valence-electron chi connectivity index (χ3n) is 5.25. The molecule has 0 aliphatic carbocycles. The minimum absolute atomic E-state index is 0.254. The lowest BCUT2D eigenvalue weighted by molar-refractivity contribution is 0.0909. The molecule has 7 heteroatoms. The molecule has 3 heterocycles. The lowest BCUT2D eigenvalue weighted by atomic mass is 10.0. The molecule has 0 aliphatic rings. The molecule has 160 valence electrons. The topological polar surface area (TPSA) is 66.0 Å². The first-order valence-electron chi connectivity index (χ1n) is 10.4. The van der Waals surface area contributed by atoms with Crippen LogP contribution >= 0.6 is 0 Å². The van der Waals surface area contributed by atoms with Gasteiger partial charge in [0.2, 0.25) is 0 Å². The zero-order chi connectivity index (χ0) is 22.0. The molecule has 0 saturated heterocycles. The Morgan fingerprint density at radius 3 is 2.42 bits per heavy atom. The predicted octanol–water partition coefficient (Wildman–Crippen LogP) is 5.80. The smallest absolute Gasteiger partial charge is 0.142 e. The molecule has 0 unspecified atom stereocenters. The third kappa shape index (κ3) is 4.83. The van der Waals surface area contributed by atoms with E-state index in [1.165, 1.54) is 12.1 Å². The van der Waals surface area contributed by atoms with E-state index in [1.807, 2.05) is 18.2 Å². The second kappa shape index (κ2) is 8.61. The first kappa shape index (κ1) is 21.2. The minimum Gasteiger partial charge on any atom is -0.384 e. The zero-order valence-electron chi connectivity index (χ0n) is 18.1. The summed E-state index contributed by atoms with van der Waals surface area (Å²) in [6.07, 6.45) is 3.48. The lowest BCUT2D eigenvalue weighted by Crippen LogP contribution is -2.22. The largest absolute Gasteiger partial charge is 0.384 e. The van der Waals surface area contributed by atoms with Crippen LogP contribution in [0.4, 0.5) is 10.2 Å². The highest BCUT2D eigenvalue weighted by Gasteiger charge is 2.17. The Bertz CT molecular complexity index is 1200. The number of nitrogen functional groups attached to an aromatic ring is 1. The van der Waals surface area contributed by atoms with Gasteiger partial charge in [-0.3, -0.25) is 0 Å². The van der Waals surface area contributed by atoms with Crippen LogP contribution in [-0.4, -0.2) is 29.2 Å². The molecule has 0 fully saturated rings. The summed E-state index contributed by atoms with van der Waals surface area (Å²) in [6.45, 7) is 8.12. The van der Waals surface area contributed by atoms with Crippen molar-refractivity contribution in [1.82, 2.24) is 14.5 Å². The summed E-state index contributed by atoms with van der Waals surface area (Å²) in [6, 6.07) is 15.5. The maximum Gasteiger partial charge on any atom is 0.142 e. The van der Waals surface area contributed by atoms with E-state index in [9.17, 15) is 4.39 Å². The number of benzene rings is 1. The van der Waals surface area contributed by atoms with Crippen LogP contribution in [0, 0.1) is 5.82 Å². The van der Waals surface area contributed by atoms with Crippen LogP contribution in [0.5, 0.6) is 0 Å². The first-order chi connectivity index (χ1) is 14.8. The fraction of sp³-hybridized carbons (Fsp3) is 0.250. The molecule has 5 nitrogen and oxygen atoms in total. The maximum atomic E-state index is 13.5. The van der Waals surface area contributed by atoms with Crippen LogP contribution in [0.2, 0.25) is 25.7 Å². The van der Waals surface area contributed by atoms with Gasteiger partial charge in [-0.15, -0.1) is 0 Å². The molecule has 0 radical (unpaired) electrons. The lowest BCUT2D eigenvalue weighted by Gasteiger charge is -2.16. The summed E-state index contributed by atoms with van der Waals surface area (Å²) in [5.41, 5.74) is 10.6. The van der Waals surface area contributed by atoms with E-state index >= 15 is 0 Å². The molecule has 0 bridgehead atoms. The Kier molecular flexibility index (Phi) is 5.89. The zero-order valence-corrected chi connectivity index (χ0v) is 19.1. The van der Waals surface area contributed by atoms with Gasteiger partial charge in [-0.1, -0.05) is 31.8 Å². The molecule has 2 N–H and O–H groups in total. The minimum atomic E-state index is -1.18. The van der Waals surface area contributed by atoms with Crippen molar-refractivity contribution in [2.75, 3.05) is 12.3 Å². The number of rotatable bonds is 7. The number of aromatic nitrogens is 3. The quantitative estimate of drug-likeness (QED) is 0.295. The number of pyridine rings is 2. The van der Waals surface area contributed by atoms with Crippen molar-refractivity contribution in [3.05, 3.63) is 66.7 Å². The van der Waals surface area contributed by atoms with Gasteiger partial charge in [-0.05, 0) is 53.6 Å². The van der Waals surface area contributed by atoms with Crippen LogP contribution < -0.4 is 5.73 Å². The van der Waals surface area contributed by atoms with E-state index in [0.717, 1.165) is 39.5 Å². The maximum absolute atomic E-state index is 13.5. The second-order valence-electron chi connectivity index (χ2n) is 8.88. The van der Waals surface area contributed by atoms with Crippen molar-refractivity contribution in [2.45, 2.75) is 32.4 Å². The standard InChI is InChI=1S/C24H27FN4OSi/c1-31(2,3)13-12-30-16-29-22(18-8-10-27-23(26)14-18)15-21-20(9-11-28-24(21)29)17-4-6-19(25)7-5-17/h4-11,14-15H,12-13,16H2,1-3H3,(H2,26,27). The molecule has 0 saturated carbocycles. The fourth-order valence-electron chi connectivity index (χ4n) is 3.54. The van der Waals surface area contributed by atoms with E-state index in [4.69, 9.17) is 10.5 Å². The van der Waals surface area contributed by atoms with Crippen LogP contribution in [0.25, 0.3) is 33.4 Å². The third-order valence-corrected chi connectivity index (χ3v) is 6.95. The number of hydrogen-bond donors (Lipinski definition) is 1. The molecule has 0 atom stereocenters. The molecule has 4 rings (SSSR count). The summed E-state index contributed by atoms with van der Waals surface area (Å²) >= 11 is 0. The summed E-state index contributed by atoms with van der Waals surface area (Å²) < 4.78 is 21.6. The monoisotopic (exact) mass is 434 g/mol. The molecule has 0 aliphatic heterocycles. The molecule has 31 heavy (non-hydrogen) atoms. The van der Waals surface area contributed by atoms with Gasteiger partial charge < -0.3 is 15.0 Å². The van der Waals surface area contributed by atoms with Crippen LogP contribution in [0.15, 0.2) is 60.9 Å². The van der Waals surface area contributed by atoms with E-state index < -0.39 is 8.07 Å². The van der Waals surface area contributed by atoms with Crippen molar-refractivity contribution in [1.29, 1.82) is 0 Å². The van der Waals surface area contributed by atoms with E-state index in [-0.39, 0.29) is 5.82 Å². The number of anilines is 1. The van der Waals surface area contributed by atoms with Crippen molar-refractivity contribution >= 4 is 24.9 Å². The summed E-state index contributed by atoms with van der Waals surface area (Å²) in [4.78, 5) is 8.77. The number of nitrogens with two attached hydrogens (primary N) is 1. The van der Waals surface area contributed by atoms with Crippen LogP contribution in [0.1, 0.15) is 0 Å². The SMILES string of the molecule is C[Si](C)(C)CCOCn1c(-c2ccnc(N)c2)cc2c(-c3ccc(F)cc3)ccnc21. The predicted molar refractivity (Wildman–Crippen MR) is 127 cm³/mol. The number of hydrogen-bond acceptors (Lipinski definition) is 4. The van der Waals surface area contributed by atoms with Gasteiger partial charge in [0.1, 0.15) is 24.0 Å². The number of halogens is 1. The van der Waals surface area contributed by atoms with E-state index in [1.54, 1.807) is 24.5 Å². The van der Waals surface area contributed by atoms with Gasteiger partial charge >= 0.3 is 0 Å². The van der Waals surface area contributed by atoms with Crippen molar-refractivity contribution in [2.24, 2.45) is 0 Å². The Hall–Kier alpha value is -3.03. The normalized spacial score (nSPS) is 11.9. The Morgan fingerprint density at radius 2 is 1.71 bits per heavy atom. The number of nitrogens with zero attached hydrogens (tertiary/aromatic N) is 3. The molecule has 0 spiro atoms. The van der Waals surface area contributed by atoms with Gasteiger partial charge in [0.25, 0.3) is 0 Å². The molecular formula is C24H27FN4OSi. The first-order valence-corrected chi connectivity index (χ1v) is 14.1. The van der Waals surface area contributed by atoms with Crippen molar-refractivity contribution < 1.29 is 9.13 Å². The summed E-state index contributed by atoms with van der Waals surface area (Å²) in [7, 11) is -1.18. The molecule has 1 aromatic carbocycles. The van der Waals surface area contributed by atoms with E-state index in [2.05, 4.69) is 40.2 Å². The van der Waals surface area contributed by atoms with Gasteiger partial charge in [-0.2, -0.15) is 0 Å². The highest BCUT2D eigenvalue weighted by molar-refractivity contribution is 6.76. The summed E-state index contributed by atoms with van der Waals surface area (Å²) in [5, 5.41) is 0.980. The molecular weight excluding hydrogens is 407 g/mol. The molecule has 0 amide bonds. The van der Waals surface area contributed by atoms with Gasteiger partial charge in [0.05, 0.1) is 5.69 Å². The average molecular weight is 435 g/mol. The highest BCUT2D eigenvalue weighted by atomic mass is 28.3. The Morgan fingerprint density at radius 1 is 0.968 bits per heavy atom. The number of ether oxygens (including phenoxy) is 1. The Balaban J connectivity index is 1.79. The van der Waals surface area contributed by atoms with E-state index in [0.29, 0.717) is 19.2 Å². The van der Waals surface area contributed by atoms with Gasteiger partial charge in [0, 0.05) is 38.0 Å². The Labute approximate surface area is 182 Å². The second-order valence-corrected chi connectivity index (χ2v) is 14.5.